The van der Waals surface area contributed by atoms with Crippen molar-refractivity contribution >= 4 is 32.7 Å². The Balaban J connectivity index is 1.93. The number of aromatic nitrogens is 2. The van der Waals surface area contributed by atoms with Gasteiger partial charge in [-0.05, 0) is 88.3 Å². The summed E-state index contributed by atoms with van der Waals surface area (Å²) in [4.78, 5) is 7.43. The Morgan fingerprint density at radius 1 is 1.00 bits per heavy atom. The van der Waals surface area contributed by atoms with E-state index in [4.69, 9.17) is 11.9 Å². The van der Waals surface area contributed by atoms with Gasteiger partial charge in [0.25, 0.3) is 0 Å². The summed E-state index contributed by atoms with van der Waals surface area (Å²) in [5.41, 5.74) is 8.38. The molecule has 3 aromatic rings. The maximum atomic E-state index is 6.13. The van der Waals surface area contributed by atoms with E-state index in [0.717, 1.165) is 41.7 Å². The quantitative estimate of drug-likeness (QED) is 0.507. The monoisotopic (exact) mass is 423 g/mol. The molecule has 0 unspecified atom stereocenters. The Bertz CT molecular complexity index is 987. The molecule has 0 atom stereocenters. The van der Waals surface area contributed by atoms with E-state index < -0.39 is 0 Å². The van der Waals surface area contributed by atoms with Crippen LogP contribution < -0.4 is 4.90 Å². The zero-order valence-corrected chi connectivity index (χ0v) is 18.1. The summed E-state index contributed by atoms with van der Waals surface area (Å²) >= 11 is 3.61. The first-order chi connectivity index (χ1) is 12.8. The molecule has 1 aliphatic heterocycles. The van der Waals surface area contributed by atoms with Crippen LogP contribution in [0.3, 0.4) is 0 Å². The number of nitrogens with zero attached hydrogens (tertiary/aromatic N) is 3. The number of anilines is 1. The van der Waals surface area contributed by atoms with Gasteiger partial charge in [-0.25, -0.2) is 4.98 Å². The van der Waals surface area contributed by atoms with Gasteiger partial charge < -0.3 is 9.47 Å². The van der Waals surface area contributed by atoms with Gasteiger partial charge in [0.05, 0.1) is 5.69 Å². The highest BCUT2D eigenvalue weighted by Gasteiger charge is 2.22. The maximum absolute atomic E-state index is 6.13. The lowest BCUT2D eigenvalue weighted by Gasteiger charge is -2.32. The first-order valence-corrected chi connectivity index (χ1v) is 10.4. The fourth-order valence-electron chi connectivity index (χ4n) is 4.36. The van der Waals surface area contributed by atoms with Crippen molar-refractivity contribution in [3.8, 4) is 5.69 Å². The van der Waals surface area contributed by atoms with Crippen LogP contribution in [-0.2, 0) is 0 Å². The maximum Gasteiger partial charge on any atom is 0.147 e. The number of benzene rings is 1. The first-order valence-electron chi connectivity index (χ1n) is 9.62. The van der Waals surface area contributed by atoms with Gasteiger partial charge in [0, 0.05) is 40.5 Å². The summed E-state index contributed by atoms with van der Waals surface area (Å²) in [5.74, 6) is 0.332. The Labute approximate surface area is 170 Å². The minimum atomic E-state index is 0.332. The standard InChI is InChI=1S/C23H26BrN3/c1-14-6-8-26(9-7-14)20-12-18(5)25-23-21(20)17(4)13-27(23)22-15(2)10-19(24)11-16(22)3/h1,10-14H,6-9H2,2-5H3. The van der Waals surface area contributed by atoms with Gasteiger partial charge in [-0.2, -0.15) is 0 Å². The molecule has 4 heteroatoms. The fraction of sp³-hybridized carbons (Fsp3) is 0.391. The molecule has 1 saturated heterocycles. The van der Waals surface area contributed by atoms with Crippen LogP contribution in [0.15, 0.2) is 28.9 Å². The number of halogens is 1. The smallest absolute Gasteiger partial charge is 0.147 e. The molecule has 1 fully saturated rings. The summed E-state index contributed by atoms with van der Waals surface area (Å²) in [6.07, 6.45) is 4.33. The van der Waals surface area contributed by atoms with Gasteiger partial charge in [-0.15, -0.1) is 0 Å². The molecule has 0 saturated carbocycles. The highest BCUT2D eigenvalue weighted by Crippen LogP contribution is 2.36. The van der Waals surface area contributed by atoms with E-state index in [2.05, 4.69) is 77.5 Å². The van der Waals surface area contributed by atoms with Crippen LogP contribution in [-0.4, -0.2) is 22.6 Å². The molecule has 0 aliphatic carbocycles. The van der Waals surface area contributed by atoms with Gasteiger partial charge in [-0.3, -0.25) is 0 Å². The van der Waals surface area contributed by atoms with E-state index in [-0.39, 0.29) is 0 Å². The SMILES string of the molecule is [CH]C1CCN(c2cc(C)nc3c2c(C)cn3-c2c(C)cc(Br)cc2C)CC1. The molecule has 0 amide bonds. The number of aryl methyl sites for hydroxylation is 4. The van der Waals surface area contributed by atoms with E-state index in [1.165, 1.54) is 33.5 Å². The molecule has 0 N–H and O–H groups in total. The molecule has 4 rings (SSSR count). The number of pyridine rings is 1. The van der Waals surface area contributed by atoms with Crippen LogP contribution in [0.2, 0.25) is 0 Å². The summed E-state index contributed by atoms with van der Waals surface area (Å²) in [6.45, 7) is 16.8. The largest absolute Gasteiger partial charge is 0.371 e. The average Bonchev–Trinajstić information content (AvgIpc) is 2.90. The second-order valence-corrected chi connectivity index (χ2v) is 8.79. The number of rotatable bonds is 2. The normalized spacial score (nSPS) is 15.7. The van der Waals surface area contributed by atoms with Crippen LogP contribution in [0.25, 0.3) is 16.7 Å². The summed E-state index contributed by atoms with van der Waals surface area (Å²) < 4.78 is 3.39. The minimum absolute atomic E-state index is 0.332. The Morgan fingerprint density at radius 3 is 2.26 bits per heavy atom. The third-order valence-corrected chi connectivity index (χ3v) is 6.09. The van der Waals surface area contributed by atoms with Crippen molar-refractivity contribution in [3.05, 3.63) is 58.2 Å². The number of piperidine rings is 1. The fourth-order valence-corrected chi connectivity index (χ4v) is 5.04. The molecule has 27 heavy (non-hydrogen) atoms. The topological polar surface area (TPSA) is 21.1 Å². The summed E-state index contributed by atoms with van der Waals surface area (Å²) in [7, 11) is 0. The predicted octanol–water partition coefficient (Wildman–Crippen LogP) is 5.95. The van der Waals surface area contributed by atoms with Crippen LogP contribution in [0.4, 0.5) is 5.69 Å². The Kier molecular flexibility index (Phi) is 4.79. The molecule has 3 heterocycles. The van der Waals surface area contributed by atoms with Crippen molar-refractivity contribution in [2.24, 2.45) is 5.92 Å². The van der Waals surface area contributed by atoms with Crippen LogP contribution in [0.1, 0.15) is 35.2 Å². The van der Waals surface area contributed by atoms with E-state index in [0.29, 0.717) is 5.92 Å². The van der Waals surface area contributed by atoms with Crippen molar-refractivity contribution in [2.75, 3.05) is 18.0 Å². The van der Waals surface area contributed by atoms with Crippen LogP contribution in [0.5, 0.6) is 0 Å². The first kappa shape index (κ1) is 18.5. The molecule has 1 aliphatic rings. The summed E-state index contributed by atoms with van der Waals surface area (Å²) in [5, 5.41) is 1.26. The number of hydrogen-bond donors (Lipinski definition) is 0. The van der Waals surface area contributed by atoms with E-state index in [1.54, 1.807) is 0 Å². The zero-order valence-electron chi connectivity index (χ0n) is 16.5. The molecule has 0 spiro atoms. The van der Waals surface area contributed by atoms with E-state index >= 15 is 0 Å². The van der Waals surface area contributed by atoms with Gasteiger partial charge in [0.2, 0.25) is 0 Å². The van der Waals surface area contributed by atoms with Crippen LogP contribution >= 0.6 is 15.9 Å². The van der Waals surface area contributed by atoms with Crippen molar-refractivity contribution < 1.29 is 0 Å². The Morgan fingerprint density at radius 2 is 1.63 bits per heavy atom. The molecular weight excluding hydrogens is 398 g/mol. The highest BCUT2D eigenvalue weighted by molar-refractivity contribution is 9.10. The highest BCUT2D eigenvalue weighted by atomic mass is 79.9. The molecule has 3 nitrogen and oxygen atoms in total. The molecule has 2 radical (unpaired) electrons. The van der Waals surface area contributed by atoms with Gasteiger partial charge in [0.1, 0.15) is 5.65 Å². The predicted molar refractivity (Wildman–Crippen MR) is 117 cm³/mol. The lowest BCUT2D eigenvalue weighted by molar-refractivity contribution is 0.476. The average molecular weight is 424 g/mol. The third kappa shape index (κ3) is 3.29. The number of hydrogen-bond acceptors (Lipinski definition) is 2. The van der Waals surface area contributed by atoms with Crippen molar-refractivity contribution in [3.63, 3.8) is 0 Å². The molecule has 0 bridgehead atoms. The van der Waals surface area contributed by atoms with Crippen molar-refractivity contribution in [1.29, 1.82) is 0 Å². The lowest BCUT2D eigenvalue weighted by atomic mass is 9.98. The lowest BCUT2D eigenvalue weighted by Crippen LogP contribution is -2.33. The molecule has 140 valence electrons. The second-order valence-electron chi connectivity index (χ2n) is 7.88. The van der Waals surface area contributed by atoms with Crippen molar-refractivity contribution in [1.82, 2.24) is 9.55 Å². The zero-order chi connectivity index (χ0) is 19.3. The summed E-state index contributed by atoms with van der Waals surface area (Å²) in [6, 6.07) is 6.58. The molecule has 2 aromatic heterocycles. The van der Waals surface area contributed by atoms with Gasteiger partial charge in [0.15, 0.2) is 0 Å². The third-order valence-electron chi connectivity index (χ3n) is 5.63. The molecular formula is C23H26BrN3. The van der Waals surface area contributed by atoms with Gasteiger partial charge in [-0.1, -0.05) is 15.9 Å². The molecule has 1 aromatic carbocycles. The van der Waals surface area contributed by atoms with Crippen molar-refractivity contribution in [2.45, 2.75) is 40.5 Å². The van der Waals surface area contributed by atoms with E-state index in [1.807, 2.05) is 0 Å². The van der Waals surface area contributed by atoms with Gasteiger partial charge >= 0.3 is 0 Å². The number of fused-ring (bicyclic) bond motifs is 1. The minimum Gasteiger partial charge on any atom is -0.371 e. The second kappa shape index (κ2) is 6.97. The Hall–Kier alpha value is -1.81. The van der Waals surface area contributed by atoms with Crippen LogP contribution in [0, 0.1) is 40.5 Å². The van der Waals surface area contributed by atoms with E-state index in [9.17, 15) is 0 Å².